The van der Waals surface area contributed by atoms with Crippen molar-refractivity contribution in [3.8, 4) is 0 Å². The normalized spacial score (nSPS) is 15.3. The highest BCUT2D eigenvalue weighted by atomic mass is 15.1. The van der Waals surface area contributed by atoms with E-state index in [9.17, 15) is 0 Å². The average molecular weight is 349 g/mol. The standard InChI is InChI=1S/C21H27N5/c1-15-12-20(24-18-6-4-3-5-7-18)25-21(23-15)22-14-16-8-9-19-17(13-16)10-11-26(19)2/h8-13,18H,3-7,14H2,1-2H3,(H2,22,23,24,25). The van der Waals surface area contributed by atoms with Crippen LogP contribution in [0.5, 0.6) is 0 Å². The second kappa shape index (κ2) is 7.36. The molecule has 2 aromatic heterocycles. The Morgan fingerprint density at radius 2 is 1.92 bits per heavy atom. The van der Waals surface area contributed by atoms with Gasteiger partial charge in [0.05, 0.1) is 0 Å². The summed E-state index contributed by atoms with van der Waals surface area (Å²) in [6, 6.07) is 11.3. The van der Waals surface area contributed by atoms with Gasteiger partial charge in [-0.25, -0.2) is 4.98 Å². The van der Waals surface area contributed by atoms with Gasteiger partial charge in [-0.05, 0) is 48.9 Å². The van der Waals surface area contributed by atoms with Gasteiger partial charge in [-0.3, -0.25) is 0 Å². The third kappa shape index (κ3) is 3.82. The Bertz CT molecular complexity index is 893. The number of hydrogen-bond donors (Lipinski definition) is 2. The van der Waals surface area contributed by atoms with Gasteiger partial charge in [0.25, 0.3) is 0 Å². The van der Waals surface area contributed by atoms with Crippen LogP contribution in [0, 0.1) is 6.92 Å². The molecule has 5 heteroatoms. The van der Waals surface area contributed by atoms with E-state index in [0.717, 1.165) is 18.1 Å². The molecule has 1 saturated carbocycles. The summed E-state index contributed by atoms with van der Waals surface area (Å²) in [5, 5.41) is 8.24. The summed E-state index contributed by atoms with van der Waals surface area (Å²) >= 11 is 0. The summed E-state index contributed by atoms with van der Waals surface area (Å²) < 4.78 is 2.14. The molecule has 0 atom stereocenters. The van der Waals surface area contributed by atoms with E-state index < -0.39 is 0 Å². The van der Waals surface area contributed by atoms with Crippen LogP contribution in [0.15, 0.2) is 36.5 Å². The molecule has 0 spiro atoms. The lowest BCUT2D eigenvalue weighted by Crippen LogP contribution is -2.23. The van der Waals surface area contributed by atoms with Crippen LogP contribution >= 0.6 is 0 Å². The van der Waals surface area contributed by atoms with Crippen molar-refractivity contribution in [1.82, 2.24) is 14.5 Å². The Hall–Kier alpha value is -2.56. The predicted octanol–water partition coefficient (Wildman–Crippen LogP) is 4.63. The van der Waals surface area contributed by atoms with Crippen LogP contribution in [0.1, 0.15) is 43.4 Å². The molecule has 0 unspecified atom stereocenters. The van der Waals surface area contributed by atoms with E-state index in [1.165, 1.54) is 48.6 Å². The lowest BCUT2D eigenvalue weighted by molar-refractivity contribution is 0.462. The molecule has 1 aromatic carbocycles. The van der Waals surface area contributed by atoms with Crippen molar-refractivity contribution < 1.29 is 0 Å². The molecule has 3 aromatic rings. The van der Waals surface area contributed by atoms with Crippen molar-refractivity contribution in [3.05, 3.63) is 47.8 Å². The van der Waals surface area contributed by atoms with E-state index in [1.807, 2.05) is 13.0 Å². The topological polar surface area (TPSA) is 54.8 Å². The molecule has 5 nitrogen and oxygen atoms in total. The van der Waals surface area contributed by atoms with Crippen molar-refractivity contribution in [1.29, 1.82) is 0 Å². The second-order valence-corrected chi connectivity index (χ2v) is 7.37. The lowest BCUT2D eigenvalue weighted by Gasteiger charge is -2.23. The molecular weight excluding hydrogens is 322 g/mol. The number of nitrogens with zero attached hydrogens (tertiary/aromatic N) is 3. The van der Waals surface area contributed by atoms with E-state index in [-0.39, 0.29) is 0 Å². The minimum atomic E-state index is 0.548. The molecule has 0 saturated heterocycles. The minimum absolute atomic E-state index is 0.548. The van der Waals surface area contributed by atoms with Gasteiger partial charge in [0.1, 0.15) is 5.82 Å². The van der Waals surface area contributed by atoms with Gasteiger partial charge < -0.3 is 15.2 Å². The van der Waals surface area contributed by atoms with Crippen LogP contribution in [0.3, 0.4) is 0 Å². The maximum absolute atomic E-state index is 4.67. The Morgan fingerprint density at radius 3 is 2.77 bits per heavy atom. The molecule has 2 N–H and O–H groups in total. The third-order valence-corrected chi connectivity index (χ3v) is 5.21. The van der Waals surface area contributed by atoms with Crippen molar-refractivity contribution in [2.75, 3.05) is 10.6 Å². The summed E-state index contributed by atoms with van der Waals surface area (Å²) in [5.41, 5.74) is 3.47. The summed E-state index contributed by atoms with van der Waals surface area (Å²) in [6.07, 6.45) is 8.56. The smallest absolute Gasteiger partial charge is 0.225 e. The lowest BCUT2D eigenvalue weighted by atomic mass is 9.95. The molecule has 0 radical (unpaired) electrons. The first-order valence-electron chi connectivity index (χ1n) is 9.57. The maximum atomic E-state index is 4.67. The number of nitrogens with one attached hydrogen (secondary N) is 2. The highest BCUT2D eigenvalue weighted by molar-refractivity contribution is 5.80. The van der Waals surface area contributed by atoms with Crippen LogP contribution in [-0.4, -0.2) is 20.6 Å². The molecule has 1 aliphatic rings. The van der Waals surface area contributed by atoms with E-state index in [4.69, 9.17) is 0 Å². The van der Waals surface area contributed by atoms with Gasteiger partial charge in [0.2, 0.25) is 5.95 Å². The number of fused-ring (bicyclic) bond motifs is 1. The fourth-order valence-electron chi connectivity index (χ4n) is 3.80. The zero-order valence-electron chi connectivity index (χ0n) is 15.6. The Labute approximate surface area is 154 Å². The first-order chi connectivity index (χ1) is 12.7. The minimum Gasteiger partial charge on any atom is -0.367 e. The second-order valence-electron chi connectivity index (χ2n) is 7.37. The molecule has 26 heavy (non-hydrogen) atoms. The number of benzene rings is 1. The van der Waals surface area contributed by atoms with E-state index >= 15 is 0 Å². The van der Waals surface area contributed by atoms with Crippen molar-refractivity contribution in [2.45, 2.75) is 51.6 Å². The molecule has 136 valence electrons. The van der Waals surface area contributed by atoms with Gasteiger partial charge in [-0.1, -0.05) is 25.3 Å². The van der Waals surface area contributed by atoms with Crippen molar-refractivity contribution in [2.24, 2.45) is 7.05 Å². The van der Waals surface area contributed by atoms with Crippen LogP contribution in [0.4, 0.5) is 11.8 Å². The van der Waals surface area contributed by atoms with E-state index in [1.54, 1.807) is 0 Å². The molecular formula is C21H27N5. The highest BCUT2D eigenvalue weighted by Crippen LogP contribution is 2.22. The van der Waals surface area contributed by atoms with Gasteiger partial charge in [0, 0.05) is 43.1 Å². The van der Waals surface area contributed by atoms with Crippen molar-refractivity contribution in [3.63, 3.8) is 0 Å². The average Bonchev–Trinajstić information content (AvgIpc) is 3.01. The zero-order chi connectivity index (χ0) is 17.9. The maximum Gasteiger partial charge on any atom is 0.225 e. The van der Waals surface area contributed by atoms with Crippen LogP contribution in [0.2, 0.25) is 0 Å². The summed E-state index contributed by atoms with van der Waals surface area (Å²) in [7, 11) is 2.07. The van der Waals surface area contributed by atoms with Crippen LogP contribution in [-0.2, 0) is 13.6 Å². The fourth-order valence-corrected chi connectivity index (χ4v) is 3.80. The Balaban J connectivity index is 1.44. The monoisotopic (exact) mass is 349 g/mol. The first-order valence-corrected chi connectivity index (χ1v) is 9.57. The quantitative estimate of drug-likeness (QED) is 0.705. The molecule has 1 aliphatic carbocycles. The van der Waals surface area contributed by atoms with E-state index in [0.29, 0.717) is 12.0 Å². The molecule has 0 aliphatic heterocycles. The van der Waals surface area contributed by atoms with Crippen LogP contribution < -0.4 is 10.6 Å². The number of aryl methyl sites for hydroxylation is 2. The van der Waals surface area contributed by atoms with Gasteiger partial charge in [0.15, 0.2) is 0 Å². The number of rotatable bonds is 5. The fraction of sp³-hybridized carbons (Fsp3) is 0.429. The number of anilines is 2. The molecule has 0 amide bonds. The summed E-state index contributed by atoms with van der Waals surface area (Å²) in [4.78, 5) is 9.21. The first kappa shape index (κ1) is 16.9. The summed E-state index contributed by atoms with van der Waals surface area (Å²) in [6.45, 7) is 2.74. The summed E-state index contributed by atoms with van der Waals surface area (Å²) in [5.74, 6) is 1.63. The molecule has 4 rings (SSSR count). The van der Waals surface area contributed by atoms with Crippen LogP contribution in [0.25, 0.3) is 10.9 Å². The Morgan fingerprint density at radius 1 is 1.08 bits per heavy atom. The van der Waals surface area contributed by atoms with Gasteiger partial charge >= 0.3 is 0 Å². The Kier molecular flexibility index (Phi) is 4.78. The third-order valence-electron chi connectivity index (χ3n) is 5.21. The van der Waals surface area contributed by atoms with Gasteiger partial charge in [-0.15, -0.1) is 0 Å². The van der Waals surface area contributed by atoms with E-state index in [2.05, 4.69) is 62.7 Å². The highest BCUT2D eigenvalue weighted by Gasteiger charge is 2.14. The number of aromatic nitrogens is 3. The van der Waals surface area contributed by atoms with Gasteiger partial charge in [-0.2, -0.15) is 4.98 Å². The predicted molar refractivity (Wildman–Crippen MR) is 108 cm³/mol. The largest absolute Gasteiger partial charge is 0.367 e. The molecule has 0 bridgehead atoms. The number of hydrogen-bond acceptors (Lipinski definition) is 4. The molecule has 2 heterocycles. The molecule has 1 fully saturated rings. The van der Waals surface area contributed by atoms with Crippen molar-refractivity contribution >= 4 is 22.7 Å². The SMILES string of the molecule is Cc1cc(NC2CCCCC2)nc(NCc2ccc3c(ccn3C)c2)n1. The zero-order valence-corrected chi connectivity index (χ0v) is 15.6.